The molecule has 0 spiro atoms. The van der Waals surface area contributed by atoms with E-state index >= 15 is 0 Å². The predicted molar refractivity (Wildman–Crippen MR) is 140 cm³/mol. The number of nitrogens with one attached hydrogen (secondary N) is 2. The molecule has 0 radical (unpaired) electrons. The molecule has 190 valence electrons. The molecule has 0 aliphatic carbocycles. The maximum absolute atomic E-state index is 12.9. The second-order valence-corrected chi connectivity index (χ2v) is 10.8. The SMILES string of the molecule is COP(=O)(O)C(Oc1ccc2ccc(C(=N)N)cc2c1)c1ccc(OC2CCN(C(C)=N)CC2)cc1. The third-order valence-electron chi connectivity index (χ3n) is 6.31. The van der Waals surface area contributed by atoms with Gasteiger partial charge in [-0.15, -0.1) is 0 Å². The van der Waals surface area contributed by atoms with Crippen LogP contribution in [0, 0.1) is 10.8 Å². The van der Waals surface area contributed by atoms with E-state index in [1.165, 1.54) is 7.11 Å². The Labute approximate surface area is 210 Å². The lowest BCUT2D eigenvalue weighted by Crippen LogP contribution is -2.40. The van der Waals surface area contributed by atoms with E-state index < -0.39 is 13.4 Å². The summed E-state index contributed by atoms with van der Waals surface area (Å²) in [5, 5.41) is 17.1. The Bertz CT molecular complexity index is 1310. The van der Waals surface area contributed by atoms with Gasteiger partial charge in [0.05, 0.1) is 5.84 Å². The zero-order chi connectivity index (χ0) is 25.9. The van der Waals surface area contributed by atoms with Gasteiger partial charge in [0.15, 0.2) is 0 Å². The Balaban J connectivity index is 1.52. The number of ether oxygens (including phenoxy) is 2. The van der Waals surface area contributed by atoms with Crippen LogP contribution >= 0.6 is 7.60 Å². The number of nitrogens with zero attached hydrogens (tertiary/aromatic N) is 1. The molecule has 10 heteroatoms. The highest BCUT2D eigenvalue weighted by molar-refractivity contribution is 7.53. The fourth-order valence-corrected chi connectivity index (χ4v) is 5.22. The molecule has 1 fully saturated rings. The number of amidine groups is 2. The van der Waals surface area contributed by atoms with Crippen LogP contribution in [0.15, 0.2) is 60.7 Å². The highest BCUT2D eigenvalue weighted by Crippen LogP contribution is 2.56. The number of fused-ring (bicyclic) bond motifs is 1. The molecular formula is C26H31N4O5P. The van der Waals surface area contributed by atoms with Gasteiger partial charge in [0.25, 0.3) is 0 Å². The van der Waals surface area contributed by atoms with Crippen molar-refractivity contribution in [1.82, 2.24) is 4.90 Å². The average Bonchev–Trinajstić information content (AvgIpc) is 2.87. The summed E-state index contributed by atoms with van der Waals surface area (Å²) >= 11 is 0. The van der Waals surface area contributed by atoms with Crippen molar-refractivity contribution < 1.29 is 23.5 Å². The van der Waals surface area contributed by atoms with Crippen LogP contribution < -0.4 is 15.2 Å². The van der Waals surface area contributed by atoms with E-state index in [4.69, 9.17) is 30.5 Å². The molecule has 3 aromatic carbocycles. The number of benzene rings is 3. The predicted octanol–water partition coefficient (Wildman–Crippen LogP) is 4.87. The summed E-state index contributed by atoms with van der Waals surface area (Å²) in [7, 11) is -2.99. The minimum absolute atomic E-state index is 0.0435. The fourth-order valence-electron chi connectivity index (χ4n) is 4.23. The first-order valence-corrected chi connectivity index (χ1v) is 13.3. The van der Waals surface area contributed by atoms with Crippen molar-refractivity contribution in [2.75, 3.05) is 20.2 Å². The lowest BCUT2D eigenvalue weighted by molar-refractivity contribution is 0.130. The number of hydrogen-bond acceptors (Lipinski definition) is 6. The van der Waals surface area contributed by atoms with Gasteiger partial charge in [-0.2, -0.15) is 0 Å². The molecule has 2 atom stereocenters. The van der Waals surface area contributed by atoms with Crippen molar-refractivity contribution in [1.29, 1.82) is 10.8 Å². The number of nitrogens with two attached hydrogens (primary N) is 1. The molecule has 1 aliphatic heterocycles. The zero-order valence-corrected chi connectivity index (χ0v) is 21.2. The molecule has 3 aromatic rings. The highest BCUT2D eigenvalue weighted by atomic mass is 31.2. The van der Waals surface area contributed by atoms with Gasteiger partial charge < -0.3 is 29.5 Å². The van der Waals surface area contributed by atoms with Crippen LogP contribution in [0.25, 0.3) is 10.8 Å². The number of piperidine rings is 1. The Hall–Kier alpha value is -3.39. The molecule has 0 bridgehead atoms. The third-order valence-corrected chi connectivity index (χ3v) is 7.83. The monoisotopic (exact) mass is 510 g/mol. The molecule has 0 aromatic heterocycles. The fraction of sp³-hybridized carbons (Fsp3) is 0.308. The number of hydrogen-bond donors (Lipinski definition) is 4. The van der Waals surface area contributed by atoms with Crippen molar-refractivity contribution >= 4 is 30.0 Å². The second kappa shape index (κ2) is 10.7. The Morgan fingerprint density at radius 3 is 2.28 bits per heavy atom. The van der Waals surface area contributed by atoms with E-state index in [-0.39, 0.29) is 11.9 Å². The van der Waals surface area contributed by atoms with Gasteiger partial charge in [0.1, 0.15) is 23.4 Å². The van der Waals surface area contributed by atoms with E-state index in [0.29, 0.717) is 28.5 Å². The molecule has 0 amide bonds. The molecule has 2 unspecified atom stereocenters. The van der Waals surface area contributed by atoms with E-state index in [1.807, 2.05) is 17.0 Å². The Kier molecular flexibility index (Phi) is 7.64. The number of likely N-dealkylation sites (tertiary alicyclic amines) is 1. The molecule has 1 saturated heterocycles. The normalized spacial score (nSPS) is 16.8. The van der Waals surface area contributed by atoms with Crippen LogP contribution in [0.4, 0.5) is 0 Å². The summed E-state index contributed by atoms with van der Waals surface area (Å²) in [6, 6.07) is 17.6. The summed E-state index contributed by atoms with van der Waals surface area (Å²) in [6.45, 7) is 3.37. The zero-order valence-electron chi connectivity index (χ0n) is 20.3. The summed E-state index contributed by atoms with van der Waals surface area (Å²) in [6.07, 6.45) is 1.71. The van der Waals surface area contributed by atoms with Crippen LogP contribution in [0.3, 0.4) is 0 Å². The smallest absolute Gasteiger partial charge is 0.372 e. The largest absolute Gasteiger partial charge is 0.490 e. The Morgan fingerprint density at radius 2 is 1.67 bits per heavy atom. The first-order valence-electron chi connectivity index (χ1n) is 11.7. The standard InChI is InChI=1S/C26H31N4O5P/c1-17(27)30-13-11-23(12-14-30)34-22-8-6-19(7-9-22)26(36(31,32)33-2)35-24-10-5-18-3-4-20(25(28)29)15-21(18)16-24/h3-10,15-16,23,26-27H,11-14H2,1-2H3,(H3,28,29)(H,31,32). The quantitative estimate of drug-likeness (QED) is 0.192. The van der Waals surface area contributed by atoms with Crippen molar-refractivity contribution in [3.05, 3.63) is 71.8 Å². The van der Waals surface area contributed by atoms with E-state index in [9.17, 15) is 9.46 Å². The van der Waals surface area contributed by atoms with Crippen LogP contribution in [-0.2, 0) is 9.09 Å². The topological polar surface area (TPSA) is 142 Å². The Morgan fingerprint density at radius 1 is 1.03 bits per heavy atom. The van der Waals surface area contributed by atoms with Gasteiger partial charge >= 0.3 is 7.60 Å². The summed E-state index contributed by atoms with van der Waals surface area (Å²) in [5.74, 6) is 0.325. The van der Waals surface area contributed by atoms with Crippen LogP contribution in [-0.4, -0.2) is 47.8 Å². The van der Waals surface area contributed by atoms with E-state index in [1.54, 1.807) is 55.5 Å². The summed E-state index contributed by atoms with van der Waals surface area (Å²) in [5.41, 5.74) is 6.66. The van der Waals surface area contributed by atoms with Gasteiger partial charge in [-0.3, -0.25) is 15.4 Å². The minimum atomic E-state index is -4.17. The van der Waals surface area contributed by atoms with Crippen molar-refractivity contribution in [3.8, 4) is 11.5 Å². The highest BCUT2D eigenvalue weighted by Gasteiger charge is 2.35. The lowest BCUT2D eigenvalue weighted by atomic mass is 10.1. The van der Waals surface area contributed by atoms with Crippen molar-refractivity contribution in [2.45, 2.75) is 31.7 Å². The third kappa shape index (κ3) is 5.87. The molecule has 5 N–H and O–H groups in total. The minimum Gasteiger partial charge on any atom is -0.490 e. The van der Waals surface area contributed by atoms with Crippen LogP contribution in [0.1, 0.15) is 36.7 Å². The van der Waals surface area contributed by atoms with E-state index in [2.05, 4.69) is 0 Å². The van der Waals surface area contributed by atoms with Gasteiger partial charge in [-0.1, -0.05) is 30.3 Å². The average molecular weight is 511 g/mol. The van der Waals surface area contributed by atoms with Gasteiger partial charge in [-0.25, -0.2) is 0 Å². The maximum atomic E-state index is 12.9. The van der Waals surface area contributed by atoms with Gasteiger partial charge in [-0.05, 0) is 48.0 Å². The van der Waals surface area contributed by atoms with Crippen molar-refractivity contribution in [3.63, 3.8) is 0 Å². The molecule has 9 nitrogen and oxygen atoms in total. The molecule has 1 heterocycles. The van der Waals surface area contributed by atoms with Gasteiger partial charge in [0.2, 0.25) is 5.85 Å². The molecular weight excluding hydrogens is 479 g/mol. The molecule has 36 heavy (non-hydrogen) atoms. The second-order valence-electron chi connectivity index (χ2n) is 8.81. The van der Waals surface area contributed by atoms with Crippen molar-refractivity contribution in [2.24, 2.45) is 5.73 Å². The van der Waals surface area contributed by atoms with E-state index in [0.717, 1.165) is 36.7 Å². The lowest BCUT2D eigenvalue weighted by Gasteiger charge is -2.32. The van der Waals surface area contributed by atoms with Crippen LogP contribution in [0.5, 0.6) is 11.5 Å². The number of nitrogen functional groups attached to an aromatic ring is 1. The molecule has 1 aliphatic rings. The molecule has 0 saturated carbocycles. The first kappa shape index (κ1) is 25.7. The maximum Gasteiger partial charge on any atom is 0.372 e. The first-order chi connectivity index (χ1) is 17.2. The van der Waals surface area contributed by atoms with Gasteiger partial charge in [0, 0.05) is 44.2 Å². The van der Waals surface area contributed by atoms with Crippen LogP contribution in [0.2, 0.25) is 0 Å². The summed E-state index contributed by atoms with van der Waals surface area (Å²) < 4.78 is 29.9. The number of rotatable bonds is 8. The molecule has 4 rings (SSSR count). The summed E-state index contributed by atoms with van der Waals surface area (Å²) in [4.78, 5) is 12.6.